The molecule has 1 aromatic heterocycles. The molecule has 0 radical (unpaired) electrons. The number of nitriles is 1. The van der Waals surface area contributed by atoms with Crippen molar-refractivity contribution in [2.75, 3.05) is 29.8 Å². The number of rotatable bonds is 6. The zero-order valence-electron chi connectivity index (χ0n) is 19.7. The lowest BCUT2D eigenvalue weighted by atomic mass is 10.0. The molecular formula is C25H24N4O5S2. The van der Waals surface area contributed by atoms with Crippen LogP contribution in [0.15, 0.2) is 59.5 Å². The number of thiophene rings is 1. The van der Waals surface area contributed by atoms with E-state index in [1.165, 1.54) is 47.0 Å². The number of ether oxygens (including phenoxy) is 1. The fourth-order valence-electron chi connectivity index (χ4n) is 4.06. The lowest BCUT2D eigenvalue weighted by Crippen LogP contribution is -2.35. The number of nitrogens with zero attached hydrogens (tertiary/aromatic N) is 3. The highest BCUT2D eigenvalue weighted by Gasteiger charge is 2.28. The maximum absolute atomic E-state index is 13.2. The molecule has 186 valence electrons. The van der Waals surface area contributed by atoms with Crippen molar-refractivity contribution in [3.05, 3.63) is 76.2 Å². The highest BCUT2D eigenvalue weighted by atomic mass is 32.2. The predicted molar refractivity (Wildman–Crippen MR) is 137 cm³/mol. The topological polar surface area (TPSA) is 120 Å². The molecule has 36 heavy (non-hydrogen) atoms. The van der Waals surface area contributed by atoms with Crippen LogP contribution in [-0.2, 0) is 27.7 Å². The number of sulfonamides is 1. The van der Waals surface area contributed by atoms with Crippen molar-refractivity contribution >= 4 is 44.0 Å². The SMILES string of the molecule is CCN(c1ccccc1)S(=O)(=O)c1ccc(C(=O)Nc2sc3c(c2C#N)CCN(C(=O)OC)C3)cc1. The van der Waals surface area contributed by atoms with Gasteiger partial charge in [-0.15, -0.1) is 11.3 Å². The average Bonchev–Trinajstić information content (AvgIpc) is 3.25. The number of benzene rings is 2. The molecule has 2 aromatic carbocycles. The van der Waals surface area contributed by atoms with Gasteiger partial charge in [0, 0.05) is 23.5 Å². The molecule has 1 N–H and O–H groups in total. The number of methoxy groups -OCH3 is 1. The second-order valence-corrected chi connectivity index (χ2v) is 10.9. The molecule has 0 bridgehead atoms. The van der Waals surface area contributed by atoms with Crippen LogP contribution in [0.2, 0.25) is 0 Å². The minimum absolute atomic E-state index is 0.0666. The predicted octanol–water partition coefficient (Wildman–Crippen LogP) is 4.21. The van der Waals surface area contributed by atoms with Crippen LogP contribution in [0.5, 0.6) is 0 Å². The molecule has 0 saturated carbocycles. The Labute approximate surface area is 213 Å². The summed E-state index contributed by atoms with van der Waals surface area (Å²) in [7, 11) is -2.50. The summed E-state index contributed by atoms with van der Waals surface area (Å²) in [6, 6.07) is 16.6. The summed E-state index contributed by atoms with van der Waals surface area (Å²) < 4.78 is 32.4. The third kappa shape index (κ3) is 4.78. The van der Waals surface area contributed by atoms with Gasteiger partial charge in [0.1, 0.15) is 11.1 Å². The van der Waals surface area contributed by atoms with Crippen LogP contribution >= 0.6 is 11.3 Å². The molecule has 0 unspecified atom stereocenters. The van der Waals surface area contributed by atoms with E-state index in [0.29, 0.717) is 35.8 Å². The van der Waals surface area contributed by atoms with Gasteiger partial charge in [0.25, 0.3) is 15.9 Å². The molecule has 9 nitrogen and oxygen atoms in total. The standard InChI is InChI=1S/C25H24N4O5S2/c1-3-29(18-7-5-4-6-8-18)36(32,33)19-11-9-17(10-12-19)23(30)27-24-21(15-26)20-13-14-28(25(31)34-2)16-22(20)35-24/h4-12H,3,13-14,16H2,1-2H3,(H,27,30). The third-order valence-corrected chi connectivity index (χ3v) is 8.91. The van der Waals surface area contributed by atoms with Crippen LogP contribution < -0.4 is 9.62 Å². The third-order valence-electron chi connectivity index (χ3n) is 5.86. The van der Waals surface area contributed by atoms with Crippen LogP contribution in [0.3, 0.4) is 0 Å². The molecule has 0 aliphatic carbocycles. The summed E-state index contributed by atoms with van der Waals surface area (Å²) in [4.78, 5) is 27.2. The summed E-state index contributed by atoms with van der Waals surface area (Å²) in [5.41, 5.74) is 2.01. The van der Waals surface area contributed by atoms with Gasteiger partial charge in [-0.05, 0) is 55.3 Å². The Balaban J connectivity index is 1.54. The van der Waals surface area contributed by atoms with Crippen LogP contribution in [-0.4, -0.2) is 45.5 Å². The number of amides is 2. The molecule has 1 aliphatic rings. The van der Waals surface area contributed by atoms with Crippen molar-refractivity contribution in [2.45, 2.75) is 24.8 Å². The first kappa shape index (κ1) is 25.2. The lowest BCUT2D eigenvalue weighted by Gasteiger charge is -2.25. The minimum atomic E-state index is -3.81. The monoisotopic (exact) mass is 524 g/mol. The second kappa shape index (κ2) is 10.4. The zero-order valence-corrected chi connectivity index (χ0v) is 21.4. The van der Waals surface area contributed by atoms with Crippen molar-refractivity contribution < 1.29 is 22.7 Å². The molecule has 0 saturated heterocycles. The van der Waals surface area contributed by atoms with Crippen molar-refractivity contribution in [2.24, 2.45) is 0 Å². The van der Waals surface area contributed by atoms with Gasteiger partial charge in [0.05, 0.1) is 29.8 Å². The summed E-state index contributed by atoms with van der Waals surface area (Å²) in [5, 5.41) is 12.9. The fraction of sp³-hybridized carbons (Fsp3) is 0.240. The number of hydrogen-bond acceptors (Lipinski definition) is 7. The number of hydrogen-bond donors (Lipinski definition) is 1. The summed E-state index contributed by atoms with van der Waals surface area (Å²) in [6.45, 7) is 2.73. The lowest BCUT2D eigenvalue weighted by molar-refractivity contribution is 0.102. The summed E-state index contributed by atoms with van der Waals surface area (Å²) in [5.74, 6) is -0.464. The van der Waals surface area contributed by atoms with Crippen molar-refractivity contribution in [3.8, 4) is 6.07 Å². The fourth-order valence-corrected chi connectivity index (χ4v) is 6.74. The number of anilines is 2. The number of fused-ring (bicyclic) bond motifs is 1. The van der Waals surface area contributed by atoms with E-state index in [0.717, 1.165) is 10.4 Å². The molecule has 11 heteroatoms. The normalized spacial score (nSPS) is 12.9. The molecule has 2 heterocycles. The highest BCUT2D eigenvalue weighted by molar-refractivity contribution is 7.92. The van der Waals surface area contributed by atoms with Crippen molar-refractivity contribution in [1.82, 2.24) is 4.90 Å². The Bertz CT molecular complexity index is 1430. The van der Waals surface area contributed by atoms with Crippen LogP contribution in [0, 0.1) is 11.3 Å². The Morgan fingerprint density at radius 1 is 1.17 bits per heavy atom. The van der Waals surface area contributed by atoms with E-state index < -0.39 is 22.0 Å². The number of para-hydroxylation sites is 1. The molecule has 4 rings (SSSR count). The minimum Gasteiger partial charge on any atom is -0.453 e. The van der Waals surface area contributed by atoms with Crippen LogP contribution in [0.1, 0.15) is 33.3 Å². The number of carbonyl (C=O) groups is 2. The largest absolute Gasteiger partial charge is 0.453 e. The van der Waals surface area contributed by atoms with E-state index in [-0.39, 0.29) is 17.0 Å². The maximum atomic E-state index is 13.2. The van der Waals surface area contributed by atoms with E-state index in [1.54, 1.807) is 36.1 Å². The smallest absolute Gasteiger partial charge is 0.409 e. The van der Waals surface area contributed by atoms with Gasteiger partial charge < -0.3 is 15.0 Å². The van der Waals surface area contributed by atoms with Gasteiger partial charge in [0.2, 0.25) is 0 Å². The molecule has 0 spiro atoms. The van der Waals surface area contributed by atoms with Gasteiger partial charge in [-0.1, -0.05) is 18.2 Å². The van der Waals surface area contributed by atoms with Crippen LogP contribution in [0.25, 0.3) is 0 Å². The van der Waals surface area contributed by atoms with Gasteiger partial charge in [0.15, 0.2) is 0 Å². The van der Waals surface area contributed by atoms with Crippen molar-refractivity contribution in [3.63, 3.8) is 0 Å². The summed E-state index contributed by atoms with van der Waals surface area (Å²) in [6.07, 6.45) is 0.0452. The Hall–Kier alpha value is -3.88. The molecule has 0 fully saturated rings. The first-order valence-corrected chi connectivity index (χ1v) is 13.4. The van der Waals surface area contributed by atoms with E-state index in [2.05, 4.69) is 11.4 Å². The maximum Gasteiger partial charge on any atom is 0.409 e. The van der Waals surface area contributed by atoms with Gasteiger partial charge >= 0.3 is 6.09 Å². The Morgan fingerprint density at radius 3 is 2.47 bits per heavy atom. The first-order valence-electron chi connectivity index (χ1n) is 11.2. The van der Waals surface area contributed by atoms with E-state index in [4.69, 9.17) is 4.74 Å². The first-order chi connectivity index (χ1) is 17.3. The average molecular weight is 525 g/mol. The second-order valence-electron chi connectivity index (χ2n) is 7.95. The molecule has 0 atom stereocenters. The van der Waals surface area contributed by atoms with Crippen molar-refractivity contribution in [1.29, 1.82) is 5.26 Å². The zero-order chi connectivity index (χ0) is 25.9. The molecular weight excluding hydrogens is 500 g/mol. The van der Waals surface area contributed by atoms with E-state index in [9.17, 15) is 23.3 Å². The highest BCUT2D eigenvalue weighted by Crippen LogP contribution is 2.37. The van der Waals surface area contributed by atoms with E-state index in [1.807, 2.05) is 6.07 Å². The van der Waals surface area contributed by atoms with E-state index >= 15 is 0 Å². The number of carbonyl (C=O) groups excluding carboxylic acids is 2. The molecule has 2 amide bonds. The van der Waals surface area contributed by atoms with Crippen LogP contribution in [0.4, 0.5) is 15.5 Å². The molecule has 3 aromatic rings. The van der Waals surface area contributed by atoms with Gasteiger partial charge in [-0.2, -0.15) is 5.26 Å². The number of nitrogens with one attached hydrogen (secondary N) is 1. The van der Waals surface area contributed by atoms with Gasteiger partial charge in [-0.3, -0.25) is 9.10 Å². The quantitative estimate of drug-likeness (QED) is 0.516. The van der Waals surface area contributed by atoms with Gasteiger partial charge in [-0.25, -0.2) is 13.2 Å². The molecule has 1 aliphatic heterocycles. The Morgan fingerprint density at radius 2 is 1.86 bits per heavy atom. The summed E-state index contributed by atoms with van der Waals surface area (Å²) >= 11 is 1.25. The Kier molecular flexibility index (Phi) is 7.28.